The van der Waals surface area contributed by atoms with Crippen molar-refractivity contribution in [3.8, 4) is 0 Å². The Balaban J connectivity index is 1.43. The maximum atomic E-state index is 11.9. The molecule has 3 aromatic rings. The molecule has 1 aliphatic rings. The van der Waals surface area contributed by atoms with Crippen LogP contribution in [0, 0.1) is 4.91 Å². The maximum Gasteiger partial charge on any atom is 0.252 e. The first kappa shape index (κ1) is 26.6. The molecular formula is C26H31ClN6O3S. The van der Waals surface area contributed by atoms with Gasteiger partial charge in [0.05, 0.1) is 11.3 Å². The maximum absolute atomic E-state index is 11.9. The summed E-state index contributed by atoms with van der Waals surface area (Å²) in [5, 5.41) is 10.2. The van der Waals surface area contributed by atoms with Gasteiger partial charge in [-0.05, 0) is 35.9 Å². The van der Waals surface area contributed by atoms with Gasteiger partial charge in [-0.1, -0.05) is 54.0 Å². The fourth-order valence-corrected chi connectivity index (χ4v) is 7.15. The number of benzene rings is 2. The van der Waals surface area contributed by atoms with Gasteiger partial charge in [-0.15, -0.1) is 4.91 Å². The first-order chi connectivity index (χ1) is 17.8. The number of anilines is 4. The van der Waals surface area contributed by atoms with Gasteiger partial charge in [-0.2, -0.15) is 0 Å². The zero-order chi connectivity index (χ0) is 26.4. The van der Waals surface area contributed by atoms with E-state index in [9.17, 15) is 9.70 Å². The number of nitrogens with two attached hydrogens (primary N) is 1. The predicted octanol–water partition coefficient (Wildman–Crippen LogP) is 5.84. The molecule has 11 heteroatoms. The summed E-state index contributed by atoms with van der Waals surface area (Å²) in [5.74, 6) is 1.64. The number of pyridine rings is 1. The van der Waals surface area contributed by atoms with Crippen LogP contribution in [0.4, 0.5) is 22.9 Å². The first-order valence-electron chi connectivity index (χ1n) is 12.0. The number of nitrogens with zero attached hydrogens (tertiary/aromatic N) is 3. The van der Waals surface area contributed by atoms with Crippen LogP contribution < -0.4 is 21.3 Å². The Morgan fingerprint density at radius 1 is 1.19 bits per heavy atom. The van der Waals surface area contributed by atoms with E-state index >= 15 is 0 Å². The van der Waals surface area contributed by atoms with Crippen LogP contribution in [0.25, 0.3) is 0 Å². The lowest BCUT2D eigenvalue weighted by Crippen LogP contribution is -2.41. The van der Waals surface area contributed by atoms with Crippen LogP contribution in [0.3, 0.4) is 0 Å². The molecule has 1 aliphatic heterocycles. The van der Waals surface area contributed by atoms with Crippen LogP contribution in [-0.2, 0) is 10.8 Å². The number of carbonyl (C=O) groups excluding carboxylic acids is 1. The summed E-state index contributed by atoms with van der Waals surface area (Å²) in [6.45, 7) is 6.25. The molecule has 0 atom stereocenters. The van der Waals surface area contributed by atoms with Crippen molar-refractivity contribution in [1.82, 2.24) is 4.98 Å². The standard InChI is InChI=1S/C26H31ClN6O3S/c1-18(2)37(36-32-35)13-11-33(12-14-37)21-9-7-20(8-10-21)31-25-15-24(22(17-30-25)26(28)34)29-16-19-5-3-4-6-23(19)27/h3-10,15,17-18H,11-14,16H2,1-2H3,(H2,28,34)(H2,29,30,31). The minimum absolute atomic E-state index is 0.288. The molecule has 0 radical (unpaired) electrons. The van der Waals surface area contributed by atoms with Crippen molar-refractivity contribution in [2.75, 3.05) is 40.1 Å². The number of aromatic nitrogens is 1. The second kappa shape index (κ2) is 11.7. The number of carbonyl (C=O) groups is 1. The molecule has 0 aliphatic carbocycles. The lowest BCUT2D eigenvalue weighted by molar-refractivity contribution is 0.100. The van der Waals surface area contributed by atoms with E-state index in [1.54, 1.807) is 6.07 Å². The molecule has 37 heavy (non-hydrogen) atoms. The molecule has 196 valence electrons. The van der Waals surface area contributed by atoms with Crippen molar-refractivity contribution >= 4 is 50.7 Å². The van der Waals surface area contributed by atoms with E-state index in [0.717, 1.165) is 41.5 Å². The molecule has 2 aromatic carbocycles. The fraction of sp³-hybridized carbons (Fsp3) is 0.308. The molecule has 0 unspecified atom stereocenters. The number of primary amides is 1. The molecule has 1 aromatic heterocycles. The number of hydrogen-bond donors (Lipinski definition) is 3. The summed E-state index contributed by atoms with van der Waals surface area (Å²) in [7, 11) is -1.48. The van der Waals surface area contributed by atoms with Gasteiger partial charge in [-0.25, -0.2) is 4.98 Å². The summed E-state index contributed by atoms with van der Waals surface area (Å²) in [4.78, 5) is 29.4. The number of rotatable bonds is 10. The zero-order valence-corrected chi connectivity index (χ0v) is 22.4. The van der Waals surface area contributed by atoms with Gasteiger partial charge in [0.1, 0.15) is 5.82 Å². The molecule has 4 N–H and O–H groups in total. The number of hydrogen-bond acceptors (Lipinski definition) is 8. The van der Waals surface area contributed by atoms with E-state index in [1.807, 2.05) is 48.5 Å². The summed E-state index contributed by atoms with van der Waals surface area (Å²) in [5.41, 5.74) is 9.28. The van der Waals surface area contributed by atoms with Gasteiger partial charge >= 0.3 is 0 Å². The van der Waals surface area contributed by atoms with Crippen molar-refractivity contribution < 1.29 is 9.08 Å². The predicted molar refractivity (Wildman–Crippen MR) is 153 cm³/mol. The van der Waals surface area contributed by atoms with E-state index in [4.69, 9.17) is 21.6 Å². The Hall–Kier alpha value is -3.50. The van der Waals surface area contributed by atoms with Crippen molar-refractivity contribution in [3.05, 3.63) is 81.9 Å². The van der Waals surface area contributed by atoms with E-state index in [-0.39, 0.29) is 5.25 Å². The van der Waals surface area contributed by atoms with Gasteiger partial charge < -0.3 is 25.6 Å². The van der Waals surface area contributed by atoms with Crippen molar-refractivity contribution in [1.29, 1.82) is 0 Å². The minimum Gasteiger partial charge on any atom is -0.380 e. The molecule has 0 saturated carbocycles. The lowest BCUT2D eigenvalue weighted by Gasteiger charge is -2.46. The topological polar surface area (TPSA) is 122 Å². The Morgan fingerprint density at radius 2 is 1.89 bits per heavy atom. The van der Waals surface area contributed by atoms with E-state index in [2.05, 4.69) is 39.7 Å². The van der Waals surface area contributed by atoms with Crippen molar-refractivity contribution in [2.24, 2.45) is 11.1 Å². The van der Waals surface area contributed by atoms with E-state index in [0.29, 0.717) is 28.6 Å². The number of halogens is 1. The third-order valence-corrected chi connectivity index (χ3v) is 10.7. The molecule has 9 nitrogen and oxygen atoms in total. The van der Waals surface area contributed by atoms with E-state index in [1.165, 1.54) is 6.20 Å². The molecule has 1 fully saturated rings. The first-order valence-corrected chi connectivity index (χ1v) is 14.3. The van der Waals surface area contributed by atoms with Crippen molar-refractivity contribution in [3.63, 3.8) is 0 Å². The molecule has 2 heterocycles. The highest BCUT2D eigenvalue weighted by atomic mass is 35.5. The highest BCUT2D eigenvalue weighted by Gasteiger charge is 2.35. The molecule has 1 saturated heterocycles. The van der Waals surface area contributed by atoms with Gasteiger partial charge in [0, 0.05) is 65.1 Å². The van der Waals surface area contributed by atoms with Crippen LogP contribution in [0.5, 0.6) is 0 Å². The second-order valence-electron chi connectivity index (χ2n) is 9.06. The highest BCUT2D eigenvalue weighted by Crippen LogP contribution is 2.55. The monoisotopic (exact) mass is 542 g/mol. The molecular weight excluding hydrogens is 512 g/mol. The Labute approximate surface area is 223 Å². The Morgan fingerprint density at radius 3 is 2.51 bits per heavy atom. The number of amides is 1. The smallest absolute Gasteiger partial charge is 0.252 e. The average molecular weight is 543 g/mol. The summed E-state index contributed by atoms with van der Waals surface area (Å²) < 4.78 is 5.35. The second-order valence-corrected chi connectivity index (χ2v) is 13.1. The summed E-state index contributed by atoms with van der Waals surface area (Å²) in [6.07, 6.45) is 1.46. The normalized spacial score (nSPS) is 15.6. The van der Waals surface area contributed by atoms with Crippen LogP contribution in [-0.4, -0.2) is 40.7 Å². The summed E-state index contributed by atoms with van der Waals surface area (Å²) >= 11 is 6.26. The van der Waals surface area contributed by atoms with Gasteiger partial charge in [0.25, 0.3) is 5.91 Å². The van der Waals surface area contributed by atoms with Gasteiger partial charge in [0.2, 0.25) is 0 Å². The average Bonchev–Trinajstić information content (AvgIpc) is 2.89. The van der Waals surface area contributed by atoms with Crippen molar-refractivity contribution in [2.45, 2.75) is 25.6 Å². The van der Waals surface area contributed by atoms with Crippen LogP contribution in [0.2, 0.25) is 5.02 Å². The third-order valence-electron chi connectivity index (χ3n) is 6.55. The van der Waals surface area contributed by atoms with Crippen LogP contribution >= 0.6 is 21.9 Å². The Kier molecular flexibility index (Phi) is 8.40. The largest absolute Gasteiger partial charge is 0.380 e. The SMILES string of the molecule is CC(C)S1(ON=O)CCN(c2ccc(Nc3cc(NCc4ccccc4Cl)c(C(N)=O)cn3)cc2)CC1. The van der Waals surface area contributed by atoms with Gasteiger partial charge in [0.15, 0.2) is 5.34 Å². The molecule has 0 bridgehead atoms. The highest BCUT2D eigenvalue weighted by molar-refractivity contribution is 8.30. The Bertz CT molecular complexity index is 1250. The fourth-order valence-electron chi connectivity index (χ4n) is 4.30. The molecule has 1 amide bonds. The van der Waals surface area contributed by atoms with E-state index < -0.39 is 16.2 Å². The number of nitrogens with one attached hydrogen (secondary N) is 2. The molecule has 0 spiro atoms. The third kappa shape index (κ3) is 6.26. The van der Waals surface area contributed by atoms with Crippen LogP contribution in [0.1, 0.15) is 29.8 Å². The van der Waals surface area contributed by atoms with Crippen LogP contribution in [0.15, 0.2) is 66.1 Å². The van der Waals surface area contributed by atoms with Gasteiger partial charge in [-0.3, -0.25) is 4.79 Å². The zero-order valence-electron chi connectivity index (χ0n) is 20.8. The minimum atomic E-state index is -1.48. The molecule has 4 rings (SSSR count). The summed E-state index contributed by atoms with van der Waals surface area (Å²) in [6, 6.07) is 17.3. The quantitative estimate of drug-likeness (QED) is 0.217. The lowest BCUT2D eigenvalue weighted by atomic mass is 10.2.